The van der Waals surface area contributed by atoms with Gasteiger partial charge in [-0.2, -0.15) is 26.3 Å². The summed E-state index contributed by atoms with van der Waals surface area (Å²) in [6, 6.07) is 0. The van der Waals surface area contributed by atoms with Crippen LogP contribution >= 0.6 is 0 Å². The summed E-state index contributed by atoms with van der Waals surface area (Å²) in [6.07, 6.45) is -18.0. The van der Waals surface area contributed by atoms with Gasteiger partial charge in [-0.15, -0.1) is 0 Å². The Hall–Kier alpha value is -2.09. The molecule has 2 bridgehead atoms. The summed E-state index contributed by atoms with van der Waals surface area (Å²) in [5, 5.41) is 0. The number of hydrogen-bond acceptors (Lipinski definition) is 8. The van der Waals surface area contributed by atoms with Gasteiger partial charge in [0.05, 0.1) is 31.6 Å². The lowest BCUT2D eigenvalue weighted by Crippen LogP contribution is -2.50. The Bertz CT molecular complexity index is 767. The minimum Gasteiger partial charge on any atom is -0.458 e. The van der Waals surface area contributed by atoms with Crippen LogP contribution in [0.3, 0.4) is 0 Å². The Kier molecular flexibility index (Phi) is 5.80. The van der Waals surface area contributed by atoms with Gasteiger partial charge in [-0.05, 0) is 6.42 Å². The maximum absolute atomic E-state index is 12.8. The number of ether oxygens (including phenoxy) is 4. The van der Waals surface area contributed by atoms with Crippen LogP contribution in [0, 0.1) is 23.7 Å². The number of rotatable bonds is 5. The molecule has 14 heteroatoms. The number of carbonyl (C=O) groups excluding carboxylic acids is 3. The number of halogens is 6. The summed E-state index contributed by atoms with van der Waals surface area (Å²) in [5.41, 5.74) is 0. The summed E-state index contributed by atoms with van der Waals surface area (Å²) in [4.78, 5) is 38.7. The molecule has 0 aromatic carbocycles. The molecule has 4 rings (SSSR count). The van der Waals surface area contributed by atoms with Crippen LogP contribution in [-0.4, -0.2) is 86.3 Å². The third-order valence-corrected chi connectivity index (χ3v) is 6.37. The lowest BCUT2D eigenvalue weighted by atomic mass is 9.78. The van der Waals surface area contributed by atoms with Crippen molar-refractivity contribution in [3.63, 3.8) is 0 Å². The first-order valence-electron chi connectivity index (χ1n) is 9.92. The average molecular weight is 475 g/mol. The molecule has 0 spiro atoms. The molecule has 2 heterocycles. The number of nitrogens with zero attached hydrogens (tertiary/aromatic N) is 1. The topological polar surface area (TPSA) is 91.4 Å². The second kappa shape index (κ2) is 8.04. The molecule has 180 valence electrons. The van der Waals surface area contributed by atoms with E-state index in [1.54, 1.807) is 4.90 Å². The monoisotopic (exact) mass is 475 g/mol. The maximum Gasteiger partial charge on any atom is 0.434 e. The van der Waals surface area contributed by atoms with E-state index in [1.165, 1.54) is 0 Å². The van der Waals surface area contributed by atoms with Crippen molar-refractivity contribution in [1.82, 2.24) is 4.90 Å². The zero-order chi connectivity index (χ0) is 23.4. The van der Waals surface area contributed by atoms with Gasteiger partial charge in [-0.25, -0.2) is 0 Å². The first-order chi connectivity index (χ1) is 14.9. The molecular formula is C18H19F6NO7. The highest BCUT2D eigenvalue weighted by atomic mass is 19.4. The van der Waals surface area contributed by atoms with Crippen LogP contribution in [0.15, 0.2) is 0 Å². The number of esters is 3. The molecule has 0 aromatic heterocycles. The van der Waals surface area contributed by atoms with Crippen molar-refractivity contribution in [3.05, 3.63) is 0 Å². The quantitative estimate of drug-likeness (QED) is 0.332. The Labute approximate surface area is 177 Å². The summed E-state index contributed by atoms with van der Waals surface area (Å²) in [7, 11) is 0. The molecule has 32 heavy (non-hydrogen) atoms. The summed E-state index contributed by atoms with van der Waals surface area (Å²) < 4.78 is 96.4. The molecule has 0 amide bonds. The van der Waals surface area contributed by atoms with E-state index in [0.29, 0.717) is 26.3 Å². The standard InChI is InChI=1S/C18H19F6NO7/c19-17(20,21)16(18(22,23)24)32-15(28)11-7-5-8-10(11)14(27)31-13(8)12(7)30-9(26)6-25-1-3-29-4-2-25/h7-8,10-13,16H,1-6H2. The molecule has 0 N–H and O–H groups in total. The minimum absolute atomic E-state index is 0.0824. The number of hydrogen-bond donors (Lipinski definition) is 0. The molecule has 2 saturated heterocycles. The Morgan fingerprint density at radius 3 is 2.28 bits per heavy atom. The molecular weight excluding hydrogens is 456 g/mol. The molecule has 6 unspecified atom stereocenters. The average Bonchev–Trinajstić information content (AvgIpc) is 3.28. The van der Waals surface area contributed by atoms with Gasteiger partial charge in [0.25, 0.3) is 6.10 Å². The second-order valence-corrected chi connectivity index (χ2v) is 8.26. The fourth-order valence-electron chi connectivity index (χ4n) is 5.11. The predicted octanol–water partition coefficient (Wildman–Crippen LogP) is 1.07. The molecule has 2 aliphatic heterocycles. The van der Waals surface area contributed by atoms with Crippen molar-refractivity contribution in [2.75, 3.05) is 32.8 Å². The molecule has 2 aliphatic carbocycles. The van der Waals surface area contributed by atoms with Crippen molar-refractivity contribution in [2.45, 2.75) is 37.1 Å². The lowest BCUT2D eigenvalue weighted by Gasteiger charge is -2.32. The summed E-state index contributed by atoms with van der Waals surface area (Å²) in [5.74, 6) is -7.93. The van der Waals surface area contributed by atoms with E-state index < -0.39 is 72.2 Å². The first kappa shape index (κ1) is 23.1. The highest BCUT2D eigenvalue weighted by Gasteiger charge is 2.71. The largest absolute Gasteiger partial charge is 0.458 e. The molecule has 4 fully saturated rings. The second-order valence-electron chi connectivity index (χ2n) is 8.26. The highest BCUT2D eigenvalue weighted by Crippen LogP contribution is 2.59. The molecule has 6 atom stereocenters. The van der Waals surface area contributed by atoms with Gasteiger partial charge in [-0.3, -0.25) is 19.3 Å². The van der Waals surface area contributed by atoms with Gasteiger partial charge in [0.15, 0.2) is 0 Å². The Morgan fingerprint density at radius 2 is 1.69 bits per heavy atom. The van der Waals surface area contributed by atoms with Crippen molar-refractivity contribution in [2.24, 2.45) is 23.7 Å². The fourth-order valence-corrected chi connectivity index (χ4v) is 5.11. The van der Waals surface area contributed by atoms with Gasteiger partial charge < -0.3 is 18.9 Å². The van der Waals surface area contributed by atoms with Gasteiger partial charge in [0.2, 0.25) is 0 Å². The van der Waals surface area contributed by atoms with Crippen LogP contribution in [0.2, 0.25) is 0 Å². The van der Waals surface area contributed by atoms with E-state index in [-0.39, 0.29) is 13.0 Å². The summed E-state index contributed by atoms with van der Waals surface area (Å²) in [6.45, 7) is 1.64. The van der Waals surface area contributed by atoms with Crippen molar-refractivity contribution < 1.29 is 59.7 Å². The fraction of sp³-hybridized carbons (Fsp3) is 0.833. The van der Waals surface area contributed by atoms with Crippen LogP contribution in [0.1, 0.15) is 6.42 Å². The van der Waals surface area contributed by atoms with Gasteiger partial charge in [-0.1, -0.05) is 0 Å². The van der Waals surface area contributed by atoms with Crippen molar-refractivity contribution in [3.8, 4) is 0 Å². The van der Waals surface area contributed by atoms with Crippen LogP contribution in [0.4, 0.5) is 26.3 Å². The smallest absolute Gasteiger partial charge is 0.434 e. The molecule has 0 radical (unpaired) electrons. The van der Waals surface area contributed by atoms with Gasteiger partial charge >= 0.3 is 30.3 Å². The zero-order valence-corrected chi connectivity index (χ0v) is 16.4. The maximum atomic E-state index is 12.8. The highest BCUT2D eigenvalue weighted by molar-refractivity contribution is 5.86. The Balaban J connectivity index is 1.48. The van der Waals surface area contributed by atoms with Gasteiger partial charge in [0, 0.05) is 24.9 Å². The SMILES string of the molecule is O=C(CN1CCOCC1)OC1C2CC3C1OC(=O)C3C2C(=O)OC(C(F)(F)F)C(F)(F)F. The van der Waals surface area contributed by atoms with Gasteiger partial charge in [0.1, 0.15) is 12.2 Å². The normalized spacial score (nSPS) is 34.7. The van der Waals surface area contributed by atoms with E-state index in [0.717, 1.165) is 0 Å². The van der Waals surface area contributed by atoms with Crippen LogP contribution < -0.4 is 0 Å². The van der Waals surface area contributed by atoms with E-state index in [9.17, 15) is 40.7 Å². The first-order valence-corrected chi connectivity index (χ1v) is 9.92. The van der Waals surface area contributed by atoms with Crippen LogP contribution in [0.25, 0.3) is 0 Å². The van der Waals surface area contributed by atoms with Crippen molar-refractivity contribution >= 4 is 17.9 Å². The van der Waals surface area contributed by atoms with E-state index in [2.05, 4.69) is 4.74 Å². The molecule has 0 aromatic rings. The van der Waals surface area contributed by atoms with Crippen LogP contribution in [0.5, 0.6) is 0 Å². The third-order valence-electron chi connectivity index (χ3n) is 6.37. The number of fused-ring (bicyclic) bond motifs is 1. The van der Waals surface area contributed by atoms with E-state index in [4.69, 9.17) is 14.2 Å². The van der Waals surface area contributed by atoms with E-state index >= 15 is 0 Å². The summed E-state index contributed by atoms with van der Waals surface area (Å²) >= 11 is 0. The molecule has 8 nitrogen and oxygen atoms in total. The number of alkyl halides is 6. The predicted molar refractivity (Wildman–Crippen MR) is 87.6 cm³/mol. The number of morpholine rings is 1. The number of carbonyl (C=O) groups is 3. The van der Waals surface area contributed by atoms with Crippen LogP contribution in [-0.2, 0) is 33.3 Å². The third kappa shape index (κ3) is 4.14. The van der Waals surface area contributed by atoms with E-state index in [1.807, 2.05) is 0 Å². The molecule has 2 saturated carbocycles. The van der Waals surface area contributed by atoms with Crippen molar-refractivity contribution in [1.29, 1.82) is 0 Å². The zero-order valence-electron chi connectivity index (χ0n) is 16.4. The Morgan fingerprint density at radius 1 is 1.06 bits per heavy atom. The minimum atomic E-state index is -5.88. The molecule has 4 aliphatic rings. The lowest BCUT2D eigenvalue weighted by molar-refractivity contribution is -0.315.